The Kier molecular flexibility index (Phi) is 9.06. The summed E-state index contributed by atoms with van der Waals surface area (Å²) in [6.45, 7) is 6.78. The lowest BCUT2D eigenvalue weighted by Gasteiger charge is -2.41. The number of aromatic nitrogens is 3. The maximum absolute atomic E-state index is 13.2. The standard InChI is InChI=1S/C32H39N5O3/c1-23-9-5-14-30(24(23)2)36(21-26-11-7-18-40-26)17-8-16-34-31(38)22-37-32(39)28-13-4-3-12-27(28)29(35-37)19-25-10-6-15-33-20-25/h3-4,6-7,10-13,15,18,20,23-24,30H,5,8-9,14,16-17,19,21-22H2,1-2H3,(H,34,38)/t23-,24-,30+/m1/s1. The number of nitrogens with one attached hydrogen (secondary N) is 1. The Hall–Kier alpha value is -3.78. The van der Waals surface area contributed by atoms with Gasteiger partial charge < -0.3 is 9.73 Å². The average Bonchev–Trinajstić information content (AvgIpc) is 3.48. The smallest absolute Gasteiger partial charge is 0.275 e. The molecule has 0 spiro atoms. The third kappa shape index (κ3) is 6.67. The number of pyridine rings is 1. The number of hydrogen-bond acceptors (Lipinski definition) is 6. The first-order chi connectivity index (χ1) is 19.5. The molecule has 3 atom stereocenters. The second kappa shape index (κ2) is 13.0. The van der Waals surface area contributed by atoms with Crippen LogP contribution in [0.5, 0.6) is 0 Å². The van der Waals surface area contributed by atoms with E-state index in [9.17, 15) is 9.59 Å². The number of carbonyl (C=O) groups excluding carboxylic acids is 1. The Morgan fingerprint density at radius 1 is 1.10 bits per heavy atom. The van der Waals surface area contributed by atoms with Crippen molar-refractivity contribution in [3.8, 4) is 0 Å². The van der Waals surface area contributed by atoms with Crippen molar-refractivity contribution < 1.29 is 9.21 Å². The SMILES string of the molecule is C[C@@H]1[C@H](C)CCC[C@@H]1N(CCCNC(=O)Cn1nc(Cc2cccnc2)c2ccccc2c1=O)Cc1ccco1. The molecular formula is C32H39N5O3. The van der Waals surface area contributed by atoms with Crippen molar-refractivity contribution in [3.05, 3.63) is 94.6 Å². The van der Waals surface area contributed by atoms with E-state index in [0.717, 1.165) is 41.9 Å². The molecule has 0 radical (unpaired) electrons. The van der Waals surface area contributed by atoms with E-state index >= 15 is 0 Å². The molecule has 5 rings (SSSR count). The average molecular weight is 542 g/mol. The molecule has 3 heterocycles. The molecule has 3 aromatic heterocycles. The quantitative estimate of drug-likeness (QED) is 0.274. The van der Waals surface area contributed by atoms with Crippen molar-refractivity contribution >= 4 is 16.7 Å². The van der Waals surface area contributed by atoms with Crippen LogP contribution in [0.4, 0.5) is 0 Å². The third-order valence-corrected chi connectivity index (χ3v) is 8.35. The minimum absolute atomic E-state index is 0.114. The molecule has 1 fully saturated rings. The van der Waals surface area contributed by atoms with Gasteiger partial charge in [0.1, 0.15) is 12.3 Å². The summed E-state index contributed by atoms with van der Waals surface area (Å²) < 4.78 is 6.95. The number of rotatable bonds is 11. The number of hydrogen-bond donors (Lipinski definition) is 1. The Morgan fingerprint density at radius 2 is 1.95 bits per heavy atom. The maximum atomic E-state index is 13.2. The van der Waals surface area contributed by atoms with E-state index in [2.05, 4.69) is 34.1 Å². The van der Waals surface area contributed by atoms with Gasteiger partial charge in [-0.2, -0.15) is 5.10 Å². The van der Waals surface area contributed by atoms with E-state index in [4.69, 9.17) is 4.42 Å². The zero-order valence-corrected chi connectivity index (χ0v) is 23.5. The van der Waals surface area contributed by atoms with Crippen LogP contribution in [0.25, 0.3) is 10.8 Å². The van der Waals surface area contributed by atoms with Gasteiger partial charge in [0.15, 0.2) is 0 Å². The molecule has 0 saturated heterocycles. The first kappa shape index (κ1) is 27.8. The molecule has 1 amide bonds. The molecule has 8 nitrogen and oxygen atoms in total. The van der Waals surface area contributed by atoms with Crippen molar-refractivity contribution in [2.45, 2.75) is 65.1 Å². The van der Waals surface area contributed by atoms with Gasteiger partial charge in [0.05, 0.1) is 23.9 Å². The molecule has 1 aliphatic carbocycles. The number of furan rings is 1. The summed E-state index contributed by atoms with van der Waals surface area (Å²) in [6.07, 6.45) is 10.3. The van der Waals surface area contributed by atoms with E-state index < -0.39 is 0 Å². The molecule has 8 heteroatoms. The van der Waals surface area contributed by atoms with Gasteiger partial charge in [0.2, 0.25) is 5.91 Å². The van der Waals surface area contributed by atoms with Crippen LogP contribution in [0.15, 0.2) is 76.4 Å². The summed E-state index contributed by atoms with van der Waals surface area (Å²) in [7, 11) is 0. The van der Waals surface area contributed by atoms with Gasteiger partial charge in [-0.1, -0.05) is 51.0 Å². The van der Waals surface area contributed by atoms with Crippen LogP contribution >= 0.6 is 0 Å². The van der Waals surface area contributed by atoms with Gasteiger partial charge in [-0.05, 0) is 54.5 Å². The van der Waals surface area contributed by atoms with Crippen LogP contribution < -0.4 is 10.9 Å². The molecule has 0 bridgehead atoms. The zero-order valence-electron chi connectivity index (χ0n) is 23.5. The van der Waals surface area contributed by atoms with Crippen molar-refractivity contribution in [1.82, 2.24) is 25.0 Å². The van der Waals surface area contributed by atoms with E-state index in [1.807, 2.05) is 42.5 Å². The molecule has 210 valence electrons. The minimum atomic E-state index is -0.259. The zero-order chi connectivity index (χ0) is 27.9. The Labute approximate surface area is 235 Å². The van der Waals surface area contributed by atoms with Gasteiger partial charge >= 0.3 is 0 Å². The number of amides is 1. The Balaban J connectivity index is 1.22. The fourth-order valence-electron chi connectivity index (χ4n) is 5.97. The highest BCUT2D eigenvalue weighted by Crippen LogP contribution is 2.33. The van der Waals surface area contributed by atoms with Gasteiger partial charge in [0, 0.05) is 43.3 Å². The number of carbonyl (C=O) groups is 1. The lowest BCUT2D eigenvalue weighted by molar-refractivity contribution is -0.121. The third-order valence-electron chi connectivity index (χ3n) is 8.35. The van der Waals surface area contributed by atoms with Gasteiger partial charge in [-0.25, -0.2) is 4.68 Å². The molecule has 1 aliphatic rings. The molecule has 4 aromatic rings. The van der Waals surface area contributed by atoms with Gasteiger partial charge in [-0.15, -0.1) is 0 Å². The summed E-state index contributed by atoms with van der Waals surface area (Å²) in [6, 6.07) is 15.8. The summed E-state index contributed by atoms with van der Waals surface area (Å²) in [5.41, 5.74) is 1.49. The van der Waals surface area contributed by atoms with Crippen LogP contribution in [0, 0.1) is 11.8 Å². The molecular weight excluding hydrogens is 502 g/mol. The fourth-order valence-corrected chi connectivity index (χ4v) is 5.97. The Morgan fingerprint density at radius 3 is 2.73 bits per heavy atom. The first-order valence-electron chi connectivity index (χ1n) is 14.4. The number of benzene rings is 1. The van der Waals surface area contributed by atoms with E-state index in [0.29, 0.717) is 36.2 Å². The molecule has 0 unspecified atom stereocenters. The predicted molar refractivity (Wildman–Crippen MR) is 156 cm³/mol. The highest BCUT2D eigenvalue weighted by Gasteiger charge is 2.31. The fraction of sp³-hybridized carbons (Fsp3) is 0.438. The van der Waals surface area contributed by atoms with Crippen LogP contribution in [-0.2, 0) is 24.3 Å². The second-order valence-electron chi connectivity index (χ2n) is 11.1. The monoisotopic (exact) mass is 541 g/mol. The number of fused-ring (bicyclic) bond motifs is 1. The van der Waals surface area contributed by atoms with Crippen molar-refractivity contribution in [2.75, 3.05) is 13.1 Å². The molecule has 40 heavy (non-hydrogen) atoms. The largest absolute Gasteiger partial charge is 0.468 e. The van der Waals surface area contributed by atoms with Crippen molar-refractivity contribution in [2.24, 2.45) is 11.8 Å². The van der Waals surface area contributed by atoms with Crippen LogP contribution in [0.3, 0.4) is 0 Å². The summed E-state index contributed by atoms with van der Waals surface area (Å²) >= 11 is 0. The van der Waals surface area contributed by atoms with E-state index in [1.165, 1.54) is 23.9 Å². The maximum Gasteiger partial charge on any atom is 0.275 e. The Bertz CT molecular complexity index is 1450. The van der Waals surface area contributed by atoms with Gasteiger partial charge in [0.25, 0.3) is 5.56 Å². The molecule has 1 aromatic carbocycles. The summed E-state index contributed by atoms with van der Waals surface area (Å²) in [4.78, 5) is 32.8. The van der Waals surface area contributed by atoms with Crippen molar-refractivity contribution in [1.29, 1.82) is 0 Å². The number of nitrogens with zero attached hydrogens (tertiary/aromatic N) is 4. The molecule has 1 N–H and O–H groups in total. The lowest BCUT2D eigenvalue weighted by Crippen LogP contribution is -2.44. The summed E-state index contributed by atoms with van der Waals surface area (Å²) in [5.74, 6) is 2.08. The van der Waals surface area contributed by atoms with Crippen molar-refractivity contribution in [3.63, 3.8) is 0 Å². The van der Waals surface area contributed by atoms with Gasteiger partial charge in [-0.3, -0.25) is 19.5 Å². The highest BCUT2D eigenvalue weighted by atomic mass is 16.3. The summed E-state index contributed by atoms with van der Waals surface area (Å²) in [5, 5.41) is 8.99. The molecule has 1 saturated carbocycles. The van der Waals surface area contributed by atoms with Crippen LogP contribution in [0.1, 0.15) is 56.5 Å². The van der Waals surface area contributed by atoms with Crippen LogP contribution in [0.2, 0.25) is 0 Å². The minimum Gasteiger partial charge on any atom is -0.468 e. The first-order valence-corrected chi connectivity index (χ1v) is 14.4. The lowest BCUT2D eigenvalue weighted by atomic mass is 9.77. The highest BCUT2D eigenvalue weighted by molar-refractivity contribution is 5.84. The normalized spacial score (nSPS) is 19.2. The predicted octanol–water partition coefficient (Wildman–Crippen LogP) is 4.81. The van der Waals surface area contributed by atoms with E-state index in [-0.39, 0.29) is 18.0 Å². The van der Waals surface area contributed by atoms with E-state index in [1.54, 1.807) is 24.7 Å². The second-order valence-corrected chi connectivity index (χ2v) is 11.1. The topological polar surface area (TPSA) is 93.3 Å². The molecule has 0 aliphatic heterocycles. The van der Waals surface area contributed by atoms with Crippen LogP contribution in [-0.4, -0.2) is 44.7 Å².